The zero-order valence-corrected chi connectivity index (χ0v) is 12.2. The number of aryl methyl sites for hydroxylation is 1. The summed E-state index contributed by atoms with van der Waals surface area (Å²) in [7, 11) is 1.74. The first-order valence-electron chi connectivity index (χ1n) is 7.01. The first-order valence-corrected chi connectivity index (χ1v) is 7.01. The van der Waals surface area contributed by atoms with Crippen LogP contribution in [0.15, 0.2) is 6.20 Å². The molecule has 0 aliphatic heterocycles. The first-order chi connectivity index (χ1) is 8.72. The van der Waals surface area contributed by atoms with Gasteiger partial charge in [0.25, 0.3) is 0 Å². The zero-order chi connectivity index (χ0) is 13.4. The molecule has 1 aromatic rings. The normalized spacial score (nSPS) is 12.7. The molecule has 0 aliphatic carbocycles. The summed E-state index contributed by atoms with van der Waals surface area (Å²) in [6.45, 7) is 8.23. The Bertz CT molecular complexity index is 336. The van der Waals surface area contributed by atoms with Gasteiger partial charge in [0.1, 0.15) is 0 Å². The quantitative estimate of drug-likeness (QED) is 0.686. The van der Waals surface area contributed by atoms with Crippen molar-refractivity contribution in [2.45, 2.75) is 52.5 Å². The second-order valence-electron chi connectivity index (χ2n) is 4.74. The number of imidazole rings is 1. The molecule has 4 heteroatoms. The van der Waals surface area contributed by atoms with Crippen LogP contribution in [0.1, 0.15) is 51.3 Å². The van der Waals surface area contributed by atoms with E-state index in [0.29, 0.717) is 6.04 Å². The monoisotopic (exact) mass is 253 g/mol. The third-order valence-corrected chi connectivity index (χ3v) is 3.15. The average molecular weight is 253 g/mol. The summed E-state index contributed by atoms with van der Waals surface area (Å²) in [6, 6.07) is 0.557. The third kappa shape index (κ3) is 4.33. The van der Waals surface area contributed by atoms with E-state index in [4.69, 9.17) is 4.74 Å². The molecular formula is C14H27N3O. The summed E-state index contributed by atoms with van der Waals surface area (Å²) in [4.78, 5) is 4.57. The molecule has 0 amide bonds. The molecule has 1 heterocycles. The molecule has 0 aliphatic rings. The van der Waals surface area contributed by atoms with E-state index in [9.17, 15) is 0 Å². The molecule has 0 saturated carbocycles. The second kappa shape index (κ2) is 8.14. The number of rotatable bonds is 9. The van der Waals surface area contributed by atoms with Crippen molar-refractivity contribution in [1.82, 2.24) is 9.55 Å². The van der Waals surface area contributed by atoms with Gasteiger partial charge in [-0.05, 0) is 26.2 Å². The Morgan fingerprint density at radius 2 is 2.22 bits per heavy atom. The number of aromatic nitrogens is 2. The summed E-state index contributed by atoms with van der Waals surface area (Å²) < 4.78 is 7.35. The van der Waals surface area contributed by atoms with E-state index >= 15 is 0 Å². The van der Waals surface area contributed by atoms with Gasteiger partial charge in [0.05, 0.1) is 5.69 Å². The Labute approximate surface area is 111 Å². The van der Waals surface area contributed by atoms with Gasteiger partial charge in [-0.3, -0.25) is 0 Å². The van der Waals surface area contributed by atoms with Gasteiger partial charge in [0, 0.05) is 32.5 Å². The van der Waals surface area contributed by atoms with Gasteiger partial charge >= 0.3 is 0 Å². The molecule has 104 valence electrons. The minimum atomic E-state index is 0.557. The number of methoxy groups -OCH3 is 1. The lowest BCUT2D eigenvalue weighted by atomic mass is 10.1. The van der Waals surface area contributed by atoms with E-state index < -0.39 is 0 Å². The summed E-state index contributed by atoms with van der Waals surface area (Å²) in [5, 5.41) is 3.41. The molecule has 4 nitrogen and oxygen atoms in total. The third-order valence-electron chi connectivity index (χ3n) is 3.15. The maximum atomic E-state index is 5.06. The molecule has 0 spiro atoms. The molecule has 1 aromatic heterocycles. The molecule has 1 atom stereocenters. The Kier molecular flexibility index (Phi) is 6.80. The molecule has 0 radical (unpaired) electrons. The topological polar surface area (TPSA) is 39.1 Å². The fourth-order valence-corrected chi connectivity index (χ4v) is 2.22. The molecule has 1 N–H and O–H groups in total. The van der Waals surface area contributed by atoms with Gasteiger partial charge in [-0.1, -0.05) is 20.3 Å². The number of anilines is 1. The van der Waals surface area contributed by atoms with Crippen molar-refractivity contribution in [3.8, 4) is 0 Å². The molecular weight excluding hydrogens is 226 g/mol. The maximum absolute atomic E-state index is 5.06. The van der Waals surface area contributed by atoms with E-state index in [-0.39, 0.29) is 0 Å². The molecule has 1 rings (SSSR count). The lowest BCUT2D eigenvalue weighted by Crippen LogP contribution is -2.14. The van der Waals surface area contributed by atoms with Crippen LogP contribution in [0.5, 0.6) is 0 Å². The smallest absolute Gasteiger partial charge is 0.203 e. The van der Waals surface area contributed by atoms with Crippen LogP contribution in [0.25, 0.3) is 0 Å². The van der Waals surface area contributed by atoms with Crippen molar-refractivity contribution in [2.75, 3.05) is 25.6 Å². The summed E-state index contributed by atoms with van der Waals surface area (Å²) in [6.07, 6.45) is 6.73. The van der Waals surface area contributed by atoms with Crippen LogP contribution in [0.2, 0.25) is 0 Å². The van der Waals surface area contributed by atoms with Crippen molar-refractivity contribution in [3.63, 3.8) is 0 Å². The van der Waals surface area contributed by atoms with Gasteiger partial charge in [0.2, 0.25) is 5.95 Å². The van der Waals surface area contributed by atoms with Crippen LogP contribution in [-0.4, -0.2) is 29.8 Å². The van der Waals surface area contributed by atoms with Gasteiger partial charge in [-0.2, -0.15) is 0 Å². The van der Waals surface area contributed by atoms with Crippen LogP contribution >= 0.6 is 0 Å². The number of nitrogens with zero attached hydrogens (tertiary/aromatic N) is 2. The molecule has 0 bridgehead atoms. The fourth-order valence-electron chi connectivity index (χ4n) is 2.22. The van der Waals surface area contributed by atoms with E-state index in [2.05, 4.69) is 41.8 Å². The Hall–Kier alpha value is -1.03. The van der Waals surface area contributed by atoms with Crippen molar-refractivity contribution >= 4 is 5.95 Å². The van der Waals surface area contributed by atoms with Gasteiger partial charge < -0.3 is 14.6 Å². The highest BCUT2D eigenvalue weighted by molar-refractivity contribution is 5.29. The second-order valence-corrected chi connectivity index (χ2v) is 4.74. The predicted octanol–water partition coefficient (Wildman–Crippen LogP) is 3.39. The molecule has 1 unspecified atom stereocenters. The van der Waals surface area contributed by atoms with Crippen molar-refractivity contribution in [2.24, 2.45) is 0 Å². The standard InChI is InChI=1S/C14H27N3O/c1-5-8-13(6-2)17-11-12(3)16-14(17)15-9-7-10-18-4/h11,13H,5-10H2,1-4H3,(H,15,16). The Morgan fingerprint density at radius 1 is 1.44 bits per heavy atom. The summed E-state index contributed by atoms with van der Waals surface area (Å²) >= 11 is 0. The van der Waals surface area contributed by atoms with Crippen LogP contribution in [0.4, 0.5) is 5.95 Å². The SMILES string of the molecule is CCCC(CC)n1cc(C)nc1NCCCOC. The molecule has 18 heavy (non-hydrogen) atoms. The van der Waals surface area contributed by atoms with E-state index in [1.165, 1.54) is 12.8 Å². The summed E-state index contributed by atoms with van der Waals surface area (Å²) in [5.74, 6) is 1.00. The Balaban J connectivity index is 2.65. The fraction of sp³-hybridized carbons (Fsp3) is 0.786. The first kappa shape index (κ1) is 15.0. The van der Waals surface area contributed by atoms with Gasteiger partial charge in [-0.25, -0.2) is 4.98 Å². The van der Waals surface area contributed by atoms with Crippen LogP contribution in [-0.2, 0) is 4.74 Å². The van der Waals surface area contributed by atoms with Crippen LogP contribution in [0, 0.1) is 6.92 Å². The average Bonchev–Trinajstić information content (AvgIpc) is 2.73. The number of nitrogens with one attached hydrogen (secondary N) is 1. The maximum Gasteiger partial charge on any atom is 0.203 e. The highest BCUT2D eigenvalue weighted by atomic mass is 16.5. The van der Waals surface area contributed by atoms with Crippen LogP contribution in [0.3, 0.4) is 0 Å². The van der Waals surface area contributed by atoms with Crippen molar-refractivity contribution in [1.29, 1.82) is 0 Å². The van der Waals surface area contributed by atoms with Crippen molar-refractivity contribution in [3.05, 3.63) is 11.9 Å². The lowest BCUT2D eigenvalue weighted by molar-refractivity contribution is 0.197. The highest BCUT2D eigenvalue weighted by Gasteiger charge is 2.13. The van der Waals surface area contributed by atoms with Crippen molar-refractivity contribution < 1.29 is 4.74 Å². The zero-order valence-electron chi connectivity index (χ0n) is 12.2. The molecule has 0 saturated heterocycles. The van der Waals surface area contributed by atoms with E-state index in [0.717, 1.165) is 37.6 Å². The van der Waals surface area contributed by atoms with Gasteiger partial charge in [0.15, 0.2) is 0 Å². The summed E-state index contributed by atoms with van der Waals surface area (Å²) in [5.41, 5.74) is 1.08. The minimum Gasteiger partial charge on any atom is -0.385 e. The van der Waals surface area contributed by atoms with E-state index in [1.54, 1.807) is 7.11 Å². The lowest BCUT2D eigenvalue weighted by Gasteiger charge is -2.19. The number of ether oxygens (including phenoxy) is 1. The molecule has 0 aromatic carbocycles. The largest absolute Gasteiger partial charge is 0.385 e. The highest BCUT2D eigenvalue weighted by Crippen LogP contribution is 2.23. The number of hydrogen-bond acceptors (Lipinski definition) is 3. The number of hydrogen-bond donors (Lipinski definition) is 1. The van der Waals surface area contributed by atoms with Crippen LogP contribution < -0.4 is 5.32 Å². The minimum absolute atomic E-state index is 0.557. The van der Waals surface area contributed by atoms with E-state index in [1.807, 2.05) is 0 Å². The predicted molar refractivity (Wildman–Crippen MR) is 76.2 cm³/mol. The molecule has 0 fully saturated rings. The van der Waals surface area contributed by atoms with Gasteiger partial charge in [-0.15, -0.1) is 0 Å². The Morgan fingerprint density at radius 3 is 2.83 bits per heavy atom.